The third-order valence-electron chi connectivity index (χ3n) is 4.17. The molecule has 2 heterocycles. The van der Waals surface area contributed by atoms with E-state index >= 15 is 0 Å². The van der Waals surface area contributed by atoms with Gasteiger partial charge in [-0.2, -0.15) is 0 Å². The van der Waals surface area contributed by atoms with Crippen LogP contribution in [0.3, 0.4) is 0 Å². The van der Waals surface area contributed by atoms with Crippen molar-refractivity contribution in [1.29, 1.82) is 0 Å². The fourth-order valence-corrected chi connectivity index (χ4v) is 2.81. The third kappa shape index (κ3) is 2.42. The van der Waals surface area contributed by atoms with Gasteiger partial charge in [0, 0.05) is 12.1 Å². The molecule has 1 saturated carbocycles. The van der Waals surface area contributed by atoms with E-state index in [4.69, 9.17) is 5.73 Å². The number of anilines is 1. The summed E-state index contributed by atoms with van der Waals surface area (Å²) in [6.07, 6.45) is 3.35. The van der Waals surface area contributed by atoms with E-state index in [2.05, 4.69) is 15.0 Å². The van der Waals surface area contributed by atoms with Crippen LogP contribution in [0.2, 0.25) is 0 Å². The maximum atomic E-state index is 14.4. The lowest BCUT2D eigenvalue weighted by molar-refractivity contribution is 0.617. The molecule has 7 heteroatoms. The van der Waals surface area contributed by atoms with Crippen LogP contribution in [0.15, 0.2) is 18.3 Å². The van der Waals surface area contributed by atoms with Gasteiger partial charge < -0.3 is 10.3 Å². The zero-order valence-electron chi connectivity index (χ0n) is 12.6. The van der Waals surface area contributed by atoms with Crippen LogP contribution in [0.25, 0.3) is 22.3 Å². The molecule has 0 bridgehead atoms. The molecule has 1 aliphatic rings. The summed E-state index contributed by atoms with van der Waals surface area (Å²) in [4.78, 5) is 11.8. The Morgan fingerprint density at radius 3 is 2.74 bits per heavy atom. The van der Waals surface area contributed by atoms with E-state index in [0.717, 1.165) is 18.6 Å². The number of rotatable bonds is 3. The molecule has 0 amide bonds. The molecule has 1 aromatic carbocycles. The minimum absolute atomic E-state index is 0.00451. The van der Waals surface area contributed by atoms with Crippen LogP contribution in [0, 0.1) is 24.5 Å². The second-order valence-electron chi connectivity index (χ2n) is 5.96. The molecule has 1 aliphatic carbocycles. The van der Waals surface area contributed by atoms with Crippen LogP contribution in [0.1, 0.15) is 18.7 Å². The second-order valence-corrected chi connectivity index (χ2v) is 5.96. The molecular weight excluding hydrogens is 300 g/mol. The summed E-state index contributed by atoms with van der Waals surface area (Å²) in [5, 5.41) is 0. The van der Waals surface area contributed by atoms with Gasteiger partial charge in [-0.15, -0.1) is 0 Å². The van der Waals surface area contributed by atoms with Gasteiger partial charge in [0.05, 0.1) is 11.7 Å². The molecular formula is C16H15F2N5. The Morgan fingerprint density at radius 1 is 1.22 bits per heavy atom. The molecule has 0 unspecified atom stereocenters. The predicted molar refractivity (Wildman–Crippen MR) is 82.5 cm³/mol. The van der Waals surface area contributed by atoms with Crippen molar-refractivity contribution in [3.8, 4) is 11.3 Å². The molecule has 1 fully saturated rings. The zero-order valence-corrected chi connectivity index (χ0v) is 12.6. The summed E-state index contributed by atoms with van der Waals surface area (Å²) in [6, 6.07) is 2.95. The standard InChI is InChI=1S/C16H15F2N5/c1-8-21-15-11(17)4-10(14-12(18)6-20-16(19)22-14)5-13(15)23(8)7-9-2-3-9/h4-6,9H,2-3,7H2,1H3,(H2,19,20,22). The van der Waals surface area contributed by atoms with Crippen LogP contribution in [-0.2, 0) is 6.54 Å². The first kappa shape index (κ1) is 14.0. The molecule has 0 atom stereocenters. The van der Waals surface area contributed by atoms with Gasteiger partial charge in [-0.1, -0.05) is 0 Å². The van der Waals surface area contributed by atoms with Gasteiger partial charge in [-0.25, -0.2) is 23.7 Å². The highest BCUT2D eigenvalue weighted by Gasteiger charge is 2.24. The minimum atomic E-state index is -0.636. The van der Waals surface area contributed by atoms with Gasteiger partial charge in [0.2, 0.25) is 5.95 Å². The van der Waals surface area contributed by atoms with Crippen LogP contribution >= 0.6 is 0 Å². The number of aryl methyl sites for hydroxylation is 1. The Labute approximate surface area is 131 Å². The van der Waals surface area contributed by atoms with E-state index in [-0.39, 0.29) is 11.6 Å². The van der Waals surface area contributed by atoms with Crippen LogP contribution in [0.5, 0.6) is 0 Å². The highest BCUT2D eigenvalue weighted by Crippen LogP contribution is 2.34. The number of hydrogen-bond acceptors (Lipinski definition) is 4. The van der Waals surface area contributed by atoms with Gasteiger partial charge in [-0.3, -0.25) is 0 Å². The number of halogens is 2. The Bertz CT molecular complexity index is 914. The lowest BCUT2D eigenvalue weighted by Gasteiger charge is -2.08. The van der Waals surface area contributed by atoms with Gasteiger partial charge in [0.25, 0.3) is 0 Å². The Kier molecular flexibility index (Phi) is 3.04. The first-order valence-electron chi connectivity index (χ1n) is 7.47. The topological polar surface area (TPSA) is 69.6 Å². The number of benzene rings is 1. The van der Waals surface area contributed by atoms with E-state index in [0.29, 0.717) is 22.5 Å². The summed E-state index contributed by atoms with van der Waals surface area (Å²) in [6.45, 7) is 2.66. The Balaban J connectivity index is 1.92. The third-order valence-corrected chi connectivity index (χ3v) is 4.17. The SMILES string of the molecule is Cc1nc2c(F)cc(-c3nc(N)ncc3F)cc2n1CC1CC1. The van der Waals surface area contributed by atoms with Crippen molar-refractivity contribution in [2.24, 2.45) is 5.92 Å². The second kappa shape index (κ2) is 4.97. The Hall–Kier alpha value is -2.57. The van der Waals surface area contributed by atoms with Crippen molar-refractivity contribution in [3.05, 3.63) is 35.8 Å². The smallest absolute Gasteiger partial charge is 0.220 e. The fourth-order valence-electron chi connectivity index (χ4n) is 2.81. The fraction of sp³-hybridized carbons (Fsp3) is 0.312. The van der Waals surface area contributed by atoms with Crippen molar-refractivity contribution in [2.75, 3.05) is 5.73 Å². The van der Waals surface area contributed by atoms with E-state index < -0.39 is 11.6 Å². The number of fused-ring (bicyclic) bond motifs is 1. The number of hydrogen-bond donors (Lipinski definition) is 1. The van der Waals surface area contributed by atoms with E-state index in [1.165, 1.54) is 18.9 Å². The lowest BCUT2D eigenvalue weighted by atomic mass is 10.1. The Morgan fingerprint density at radius 2 is 2.00 bits per heavy atom. The number of imidazole rings is 1. The summed E-state index contributed by atoms with van der Waals surface area (Å²) < 4.78 is 30.4. The van der Waals surface area contributed by atoms with Gasteiger partial charge in [-0.05, 0) is 37.8 Å². The minimum Gasteiger partial charge on any atom is -0.368 e. The monoisotopic (exact) mass is 315 g/mol. The summed E-state index contributed by atoms with van der Waals surface area (Å²) in [5.74, 6) is 0.189. The average Bonchev–Trinajstić information content (AvgIpc) is 3.27. The van der Waals surface area contributed by atoms with E-state index in [1.54, 1.807) is 6.07 Å². The normalized spacial score (nSPS) is 14.6. The highest BCUT2D eigenvalue weighted by molar-refractivity contribution is 5.82. The average molecular weight is 315 g/mol. The van der Waals surface area contributed by atoms with E-state index in [1.807, 2.05) is 11.5 Å². The molecule has 3 aromatic rings. The van der Waals surface area contributed by atoms with Crippen molar-refractivity contribution >= 4 is 17.0 Å². The van der Waals surface area contributed by atoms with E-state index in [9.17, 15) is 8.78 Å². The van der Waals surface area contributed by atoms with Crippen molar-refractivity contribution in [3.63, 3.8) is 0 Å². The number of aromatic nitrogens is 4. The molecule has 4 rings (SSSR count). The van der Waals surface area contributed by atoms with Crippen molar-refractivity contribution in [1.82, 2.24) is 19.5 Å². The molecule has 5 nitrogen and oxygen atoms in total. The zero-order chi connectivity index (χ0) is 16.1. The van der Waals surface area contributed by atoms with Crippen LogP contribution in [-0.4, -0.2) is 19.5 Å². The molecule has 0 radical (unpaired) electrons. The summed E-state index contributed by atoms with van der Waals surface area (Å²) in [7, 11) is 0. The number of nitrogen functional groups attached to an aromatic ring is 1. The maximum Gasteiger partial charge on any atom is 0.220 e. The molecule has 118 valence electrons. The number of nitrogens with two attached hydrogens (primary N) is 1. The van der Waals surface area contributed by atoms with Gasteiger partial charge in [0.1, 0.15) is 17.0 Å². The highest BCUT2D eigenvalue weighted by atomic mass is 19.1. The van der Waals surface area contributed by atoms with Gasteiger partial charge >= 0.3 is 0 Å². The van der Waals surface area contributed by atoms with Crippen molar-refractivity contribution < 1.29 is 8.78 Å². The molecule has 0 spiro atoms. The van der Waals surface area contributed by atoms with Crippen LogP contribution < -0.4 is 5.73 Å². The first-order valence-corrected chi connectivity index (χ1v) is 7.47. The van der Waals surface area contributed by atoms with Crippen LogP contribution in [0.4, 0.5) is 14.7 Å². The molecule has 2 aromatic heterocycles. The molecule has 23 heavy (non-hydrogen) atoms. The molecule has 0 aliphatic heterocycles. The maximum absolute atomic E-state index is 14.4. The number of nitrogens with zero attached hydrogens (tertiary/aromatic N) is 4. The predicted octanol–water partition coefficient (Wildman–Crippen LogP) is 3.07. The van der Waals surface area contributed by atoms with Gasteiger partial charge in [0.15, 0.2) is 11.6 Å². The summed E-state index contributed by atoms with van der Waals surface area (Å²) in [5.41, 5.74) is 6.80. The largest absolute Gasteiger partial charge is 0.368 e. The first-order chi connectivity index (χ1) is 11.0. The van der Waals surface area contributed by atoms with Crippen molar-refractivity contribution in [2.45, 2.75) is 26.3 Å². The molecule has 2 N–H and O–H groups in total. The quantitative estimate of drug-likeness (QED) is 0.806. The lowest BCUT2D eigenvalue weighted by Crippen LogP contribution is -2.03. The summed E-state index contributed by atoms with van der Waals surface area (Å²) >= 11 is 0. The molecule has 0 saturated heterocycles.